The van der Waals surface area contributed by atoms with Gasteiger partial charge in [0.05, 0.1) is 69.9 Å². The molecule has 0 heterocycles. The molecule has 0 radical (unpaired) electrons. The number of amides is 2. The average Bonchev–Trinajstić information content (AvgIpc) is 3.33. The lowest BCUT2D eigenvalue weighted by molar-refractivity contribution is -0.144. The molecule has 0 aliphatic heterocycles. The van der Waals surface area contributed by atoms with Crippen molar-refractivity contribution < 1.29 is 77.4 Å². The Morgan fingerprint density at radius 2 is 1.07 bits per heavy atom. The third-order valence-corrected chi connectivity index (χ3v) is 12.4. The summed E-state index contributed by atoms with van der Waals surface area (Å²) in [4.78, 5) is 107. The Balaban J connectivity index is 3.72. The maximum absolute atomic E-state index is 12.5. The summed E-state index contributed by atoms with van der Waals surface area (Å²) in [5, 5.41) is 35.4. The monoisotopic (exact) mass is 1030 g/mol. The van der Waals surface area contributed by atoms with Crippen LogP contribution in [-0.2, 0) is 62.1 Å². The SMILES string of the molecule is CC(=O)C(CSCC(=O)CCCNC(=O)COCCOCCCC(=O)COCCOCCNC(=O)CC[C@H](CC(=O)CCCCCCCCCCCCCCCCC(=O)O)C(=O)O)NCC(=O)[C@@H](N)CO. The second-order valence-corrected chi connectivity index (χ2v) is 18.8. The van der Waals surface area contributed by atoms with Crippen molar-refractivity contribution >= 4 is 64.4 Å². The van der Waals surface area contributed by atoms with Crippen LogP contribution in [0.5, 0.6) is 0 Å². The summed E-state index contributed by atoms with van der Waals surface area (Å²) < 4.78 is 21.5. The molecule has 0 saturated carbocycles. The zero-order chi connectivity index (χ0) is 52.7. The number of hydrogen-bond donors (Lipinski definition) is 7. The molecule has 21 heteroatoms. The molecule has 1 unspecified atom stereocenters. The molecule has 3 atom stereocenters. The van der Waals surface area contributed by atoms with Crippen molar-refractivity contribution in [2.45, 2.75) is 167 Å². The van der Waals surface area contributed by atoms with Gasteiger partial charge in [0.2, 0.25) is 11.8 Å². The number of aliphatic hydroxyl groups is 1. The zero-order valence-electron chi connectivity index (χ0n) is 42.5. The third-order valence-electron chi connectivity index (χ3n) is 11.3. The molecule has 0 saturated heterocycles. The smallest absolute Gasteiger partial charge is 0.306 e. The fourth-order valence-corrected chi connectivity index (χ4v) is 8.08. The summed E-state index contributed by atoms with van der Waals surface area (Å²) in [5.41, 5.74) is 5.47. The van der Waals surface area contributed by atoms with Gasteiger partial charge in [-0.1, -0.05) is 77.0 Å². The number of ketones is 5. The zero-order valence-corrected chi connectivity index (χ0v) is 43.3. The standard InChI is InChI=1S/C50H88N4O16S/c1-39(56)45(54-33-46(60)44(51)34-55)38-71-37-43(59)19-16-24-52-48(62)36-70-31-28-67-26-17-20-42(58)35-69-30-29-68-27-25-53-47(61)23-22-40(50(65)66)32-41(57)18-14-12-10-8-6-4-2-3-5-7-9-11-13-15-21-49(63)64/h40,44-45,54-55H,2-38,51H2,1H3,(H,52,62)(H,53,61)(H,63,64)(H,65,66)/t40-,44+,45?/m1/s1. The summed E-state index contributed by atoms with van der Waals surface area (Å²) >= 11 is 1.26. The van der Waals surface area contributed by atoms with Crippen LogP contribution in [0, 0.1) is 5.92 Å². The van der Waals surface area contributed by atoms with Gasteiger partial charge in [0, 0.05) is 64.0 Å². The summed E-state index contributed by atoms with van der Waals surface area (Å²) in [7, 11) is 0. The van der Waals surface area contributed by atoms with Crippen molar-refractivity contribution in [1.82, 2.24) is 16.0 Å². The van der Waals surface area contributed by atoms with E-state index in [1.165, 1.54) is 63.6 Å². The molecule has 2 amide bonds. The number of unbranched alkanes of at least 4 members (excludes halogenated alkanes) is 13. The van der Waals surface area contributed by atoms with Crippen LogP contribution >= 0.6 is 11.8 Å². The second kappa shape index (κ2) is 47.3. The van der Waals surface area contributed by atoms with Crippen LogP contribution in [0.2, 0.25) is 0 Å². The van der Waals surface area contributed by atoms with Gasteiger partial charge in [-0.3, -0.25) is 48.5 Å². The maximum Gasteiger partial charge on any atom is 0.306 e. The van der Waals surface area contributed by atoms with E-state index in [0.717, 1.165) is 44.9 Å². The van der Waals surface area contributed by atoms with Crippen molar-refractivity contribution in [1.29, 1.82) is 0 Å². The number of carbonyl (C=O) groups excluding carboxylic acids is 7. The normalized spacial score (nSPS) is 12.5. The van der Waals surface area contributed by atoms with E-state index < -0.39 is 42.3 Å². The van der Waals surface area contributed by atoms with Crippen molar-refractivity contribution in [3.63, 3.8) is 0 Å². The summed E-state index contributed by atoms with van der Waals surface area (Å²) in [5.74, 6) is -3.69. The highest BCUT2D eigenvalue weighted by atomic mass is 32.2. The van der Waals surface area contributed by atoms with E-state index in [2.05, 4.69) is 16.0 Å². The van der Waals surface area contributed by atoms with Gasteiger partial charge in [-0.2, -0.15) is 11.8 Å². The van der Waals surface area contributed by atoms with Gasteiger partial charge >= 0.3 is 11.9 Å². The number of ether oxygens (including phenoxy) is 4. The molecule has 8 N–H and O–H groups in total. The van der Waals surface area contributed by atoms with Crippen LogP contribution in [-0.4, -0.2) is 171 Å². The minimum Gasteiger partial charge on any atom is -0.481 e. The first-order valence-electron chi connectivity index (χ1n) is 25.7. The molecule has 0 spiro atoms. The van der Waals surface area contributed by atoms with Gasteiger partial charge in [0.15, 0.2) is 11.6 Å². The highest BCUT2D eigenvalue weighted by molar-refractivity contribution is 8.00. The number of thioether (sulfide) groups is 1. The van der Waals surface area contributed by atoms with E-state index in [9.17, 15) is 48.3 Å². The Bertz CT molecular complexity index is 1510. The average molecular weight is 1030 g/mol. The van der Waals surface area contributed by atoms with Gasteiger partial charge in [-0.15, -0.1) is 0 Å². The molecule has 0 aromatic rings. The second-order valence-electron chi connectivity index (χ2n) is 17.8. The highest BCUT2D eigenvalue weighted by Gasteiger charge is 2.22. The number of carboxylic acids is 2. The van der Waals surface area contributed by atoms with E-state index in [4.69, 9.17) is 34.9 Å². The van der Waals surface area contributed by atoms with Crippen molar-refractivity contribution in [2.75, 3.05) is 90.6 Å². The predicted molar refractivity (Wildman–Crippen MR) is 269 cm³/mol. The summed E-state index contributed by atoms with van der Waals surface area (Å²) in [6.07, 6.45) is 17.2. The fourth-order valence-electron chi connectivity index (χ4n) is 7.00. The Morgan fingerprint density at radius 3 is 1.65 bits per heavy atom. The van der Waals surface area contributed by atoms with Gasteiger partial charge in [0.1, 0.15) is 30.6 Å². The van der Waals surface area contributed by atoms with Gasteiger partial charge in [-0.05, 0) is 39.0 Å². The van der Waals surface area contributed by atoms with E-state index in [-0.39, 0.29) is 139 Å². The highest BCUT2D eigenvalue weighted by Crippen LogP contribution is 2.17. The Hall–Kier alpha value is -3.70. The van der Waals surface area contributed by atoms with Crippen LogP contribution in [0.3, 0.4) is 0 Å². The molecule has 410 valence electrons. The van der Waals surface area contributed by atoms with Crippen molar-refractivity contribution in [3.05, 3.63) is 0 Å². The first-order valence-corrected chi connectivity index (χ1v) is 26.9. The molecule has 0 bridgehead atoms. The van der Waals surface area contributed by atoms with E-state index in [0.29, 0.717) is 38.2 Å². The largest absolute Gasteiger partial charge is 0.481 e. The molecule has 71 heavy (non-hydrogen) atoms. The molecular weight excluding hydrogens is 945 g/mol. The number of aliphatic carboxylic acids is 2. The van der Waals surface area contributed by atoms with Crippen LogP contribution in [0.4, 0.5) is 0 Å². The van der Waals surface area contributed by atoms with Gasteiger partial charge < -0.3 is 50.6 Å². The minimum atomic E-state index is -1.08. The minimum absolute atomic E-state index is 0.0116. The Kier molecular flexibility index (Phi) is 44.8. The molecule has 0 aliphatic rings. The molecule has 0 aliphatic carbocycles. The first-order chi connectivity index (χ1) is 34.2. The number of carbonyl (C=O) groups is 9. The number of carboxylic acid groups (broad SMARTS) is 2. The topological polar surface area (TPSA) is 313 Å². The molecule has 0 aromatic heterocycles. The van der Waals surface area contributed by atoms with Gasteiger partial charge in [0.25, 0.3) is 0 Å². The van der Waals surface area contributed by atoms with Gasteiger partial charge in [-0.25, -0.2) is 0 Å². The number of hydrogen-bond acceptors (Lipinski definition) is 17. The third kappa shape index (κ3) is 44.7. The van der Waals surface area contributed by atoms with Crippen LogP contribution in [0.25, 0.3) is 0 Å². The lowest BCUT2D eigenvalue weighted by Crippen LogP contribution is -2.46. The van der Waals surface area contributed by atoms with E-state index in [1.807, 2.05) is 0 Å². The molecule has 0 aromatic carbocycles. The van der Waals surface area contributed by atoms with Crippen molar-refractivity contribution in [2.24, 2.45) is 11.7 Å². The molecular formula is C50H88N4O16S. The van der Waals surface area contributed by atoms with Crippen molar-refractivity contribution in [3.8, 4) is 0 Å². The number of nitrogens with one attached hydrogen (secondary N) is 3. The van der Waals surface area contributed by atoms with E-state index in [1.54, 1.807) is 0 Å². The Labute approximate surface area is 425 Å². The predicted octanol–water partition coefficient (Wildman–Crippen LogP) is 3.92. The summed E-state index contributed by atoms with van der Waals surface area (Å²) in [6.45, 7) is 2.39. The fraction of sp³-hybridized carbons (Fsp3) is 0.820. The lowest BCUT2D eigenvalue weighted by atomic mass is 9.94. The number of rotatable bonds is 54. The molecule has 0 fully saturated rings. The first kappa shape index (κ1) is 67.3. The number of nitrogens with two attached hydrogens (primary N) is 1. The van der Waals surface area contributed by atoms with E-state index >= 15 is 0 Å². The number of Topliss-reactive ketones (excluding diaryl/α,β-unsaturated/α-hetero) is 5. The molecule has 0 rings (SSSR count). The quantitative estimate of drug-likeness (QED) is 0.0425. The molecule has 20 nitrogen and oxygen atoms in total. The number of aliphatic hydroxyl groups excluding tert-OH is 1. The van der Waals surface area contributed by atoms with Crippen LogP contribution in [0.1, 0.15) is 155 Å². The Morgan fingerprint density at radius 1 is 0.549 bits per heavy atom. The lowest BCUT2D eigenvalue weighted by Gasteiger charge is -2.16. The summed E-state index contributed by atoms with van der Waals surface area (Å²) in [6, 6.07) is -1.64. The maximum atomic E-state index is 12.5. The van der Waals surface area contributed by atoms with Crippen LogP contribution < -0.4 is 21.7 Å². The van der Waals surface area contributed by atoms with Crippen LogP contribution in [0.15, 0.2) is 0 Å².